The molecular weight excluding hydrogens is 320 g/mol. The zero-order valence-corrected chi connectivity index (χ0v) is 14.0. The highest BCUT2D eigenvalue weighted by Crippen LogP contribution is 2.15. The van der Waals surface area contributed by atoms with Crippen molar-refractivity contribution >= 4 is 22.8 Å². The maximum atomic E-state index is 11.8. The summed E-state index contributed by atoms with van der Waals surface area (Å²) in [5, 5.41) is 5.31. The fourth-order valence-corrected chi connectivity index (χ4v) is 2.66. The topological polar surface area (TPSA) is 89.2 Å². The van der Waals surface area contributed by atoms with Crippen LogP contribution in [0.4, 0.5) is 0 Å². The first-order valence-electron chi connectivity index (χ1n) is 8.15. The molecule has 0 aliphatic rings. The standard InChI is InChI=1S/C18H20N4O3/c1-13-21-14-6-2-3-7-15(14)22(13)10-5-9-19-17(23)12-20-18(24)16-8-4-11-25-16/h2-4,6-8,11H,5,9-10,12H2,1H3,(H,19,23)(H,20,24). The highest BCUT2D eigenvalue weighted by molar-refractivity contribution is 5.94. The van der Waals surface area contributed by atoms with E-state index in [9.17, 15) is 9.59 Å². The van der Waals surface area contributed by atoms with E-state index < -0.39 is 5.91 Å². The summed E-state index contributed by atoms with van der Waals surface area (Å²) in [5.41, 5.74) is 2.07. The van der Waals surface area contributed by atoms with Crippen LogP contribution in [0, 0.1) is 6.92 Å². The summed E-state index contributed by atoms with van der Waals surface area (Å²) in [6.07, 6.45) is 2.19. The normalized spacial score (nSPS) is 10.8. The van der Waals surface area contributed by atoms with Crippen LogP contribution >= 0.6 is 0 Å². The quantitative estimate of drug-likeness (QED) is 0.643. The van der Waals surface area contributed by atoms with E-state index in [0.717, 1.165) is 29.8 Å². The summed E-state index contributed by atoms with van der Waals surface area (Å²) in [6.45, 7) is 3.20. The van der Waals surface area contributed by atoms with Gasteiger partial charge in [-0.15, -0.1) is 0 Å². The van der Waals surface area contributed by atoms with Gasteiger partial charge in [0.2, 0.25) is 5.91 Å². The lowest BCUT2D eigenvalue weighted by Gasteiger charge is -2.08. The number of nitrogens with one attached hydrogen (secondary N) is 2. The van der Waals surface area contributed by atoms with E-state index in [-0.39, 0.29) is 18.2 Å². The van der Waals surface area contributed by atoms with Gasteiger partial charge in [0.25, 0.3) is 5.91 Å². The average molecular weight is 340 g/mol. The molecule has 0 aliphatic heterocycles. The number of fused-ring (bicyclic) bond motifs is 1. The van der Waals surface area contributed by atoms with Gasteiger partial charge < -0.3 is 19.6 Å². The van der Waals surface area contributed by atoms with Gasteiger partial charge in [-0.05, 0) is 37.6 Å². The number of aromatic nitrogens is 2. The molecule has 0 fully saturated rings. The number of furan rings is 1. The largest absolute Gasteiger partial charge is 0.459 e. The molecule has 0 unspecified atom stereocenters. The molecule has 3 aromatic rings. The van der Waals surface area contributed by atoms with Gasteiger partial charge in [-0.25, -0.2) is 4.98 Å². The fraction of sp³-hybridized carbons (Fsp3) is 0.278. The maximum absolute atomic E-state index is 11.8. The summed E-state index contributed by atoms with van der Waals surface area (Å²) in [4.78, 5) is 28.0. The Morgan fingerprint density at radius 1 is 1.16 bits per heavy atom. The number of imidazole rings is 1. The Labute approximate surface area is 145 Å². The second-order valence-electron chi connectivity index (χ2n) is 5.66. The van der Waals surface area contributed by atoms with Gasteiger partial charge in [0.15, 0.2) is 5.76 Å². The molecule has 2 aromatic heterocycles. The molecule has 7 heteroatoms. The lowest BCUT2D eigenvalue weighted by Crippen LogP contribution is -2.37. The first-order chi connectivity index (χ1) is 12.1. The molecule has 2 heterocycles. The van der Waals surface area contributed by atoms with Gasteiger partial charge in [-0.1, -0.05) is 12.1 Å². The average Bonchev–Trinajstić information content (AvgIpc) is 3.24. The van der Waals surface area contributed by atoms with Crippen molar-refractivity contribution < 1.29 is 14.0 Å². The van der Waals surface area contributed by atoms with Gasteiger partial charge in [-0.2, -0.15) is 0 Å². The number of aryl methyl sites for hydroxylation is 2. The molecule has 25 heavy (non-hydrogen) atoms. The van der Waals surface area contributed by atoms with Crippen LogP contribution in [-0.4, -0.2) is 34.5 Å². The number of nitrogens with zero attached hydrogens (tertiary/aromatic N) is 2. The summed E-state index contributed by atoms with van der Waals surface area (Å²) in [6, 6.07) is 11.2. The SMILES string of the molecule is Cc1nc2ccccc2n1CCCNC(=O)CNC(=O)c1ccco1. The van der Waals surface area contributed by atoms with E-state index in [1.807, 2.05) is 31.2 Å². The van der Waals surface area contributed by atoms with Crippen molar-refractivity contribution in [3.8, 4) is 0 Å². The number of amides is 2. The molecule has 0 radical (unpaired) electrons. The Bertz CT molecular complexity index is 868. The number of hydrogen-bond donors (Lipinski definition) is 2. The molecule has 3 rings (SSSR count). The van der Waals surface area contributed by atoms with E-state index in [0.29, 0.717) is 6.54 Å². The highest BCUT2D eigenvalue weighted by Gasteiger charge is 2.10. The number of rotatable bonds is 7. The Hall–Kier alpha value is -3.09. The fourth-order valence-electron chi connectivity index (χ4n) is 2.66. The van der Waals surface area contributed by atoms with Crippen LogP contribution in [0.1, 0.15) is 22.8 Å². The highest BCUT2D eigenvalue weighted by atomic mass is 16.3. The van der Waals surface area contributed by atoms with Gasteiger partial charge in [0, 0.05) is 13.1 Å². The van der Waals surface area contributed by atoms with E-state index in [2.05, 4.69) is 20.2 Å². The lowest BCUT2D eigenvalue weighted by molar-refractivity contribution is -0.120. The number of carbonyl (C=O) groups is 2. The molecule has 0 spiro atoms. The lowest BCUT2D eigenvalue weighted by atomic mass is 10.3. The summed E-state index contributed by atoms with van der Waals surface area (Å²) >= 11 is 0. The number of carbonyl (C=O) groups excluding carboxylic acids is 2. The van der Waals surface area contributed by atoms with Crippen LogP contribution in [0.15, 0.2) is 47.1 Å². The van der Waals surface area contributed by atoms with E-state index >= 15 is 0 Å². The Balaban J connectivity index is 1.41. The van der Waals surface area contributed by atoms with Crippen LogP contribution in [0.25, 0.3) is 11.0 Å². The van der Waals surface area contributed by atoms with Crippen molar-refractivity contribution in [2.24, 2.45) is 0 Å². The zero-order valence-electron chi connectivity index (χ0n) is 14.0. The molecule has 2 amide bonds. The molecule has 2 N–H and O–H groups in total. The zero-order chi connectivity index (χ0) is 17.6. The van der Waals surface area contributed by atoms with Crippen molar-refractivity contribution in [3.05, 3.63) is 54.2 Å². The first kappa shape index (κ1) is 16.8. The molecule has 7 nitrogen and oxygen atoms in total. The third-order valence-electron chi connectivity index (χ3n) is 3.88. The molecule has 1 aromatic carbocycles. The molecule has 0 saturated carbocycles. The number of hydrogen-bond acceptors (Lipinski definition) is 4. The minimum Gasteiger partial charge on any atom is -0.459 e. The molecule has 0 saturated heterocycles. The van der Waals surface area contributed by atoms with Crippen LogP contribution in [0.5, 0.6) is 0 Å². The van der Waals surface area contributed by atoms with Gasteiger partial charge in [0.05, 0.1) is 23.8 Å². The molecule has 0 atom stereocenters. The van der Waals surface area contributed by atoms with Crippen LogP contribution < -0.4 is 10.6 Å². The predicted octanol–water partition coefficient (Wildman–Crippen LogP) is 1.87. The minimum atomic E-state index is -0.402. The number of para-hydroxylation sites is 2. The Kier molecular flexibility index (Phi) is 5.13. The summed E-state index contributed by atoms with van der Waals surface area (Å²) in [5.74, 6) is 0.515. The van der Waals surface area contributed by atoms with E-state index in [1.54, 1.807) is 12.1 Å². The van der Waals surface area contributed by atoms with Crippen LogP contribution in [0.3, 0.4) is 0 Å². The van der Waals surface area contributed by atoms with Crippen molar-refractivity contribution in [2.45, 2.75) is 19.9 Å². The van der Waals surface area contributed by atoms with Crippen molar-refractivity contribution in [2.75, 3.05) is 13.1 Å². The van der Waals surface area contributed by atoms with Gasteiger partial charge >= 0.3 is 0 Å². The summed E-state index contributed by atoms with van der Waals surface area (Å²) < 4.78 is 7.10. The smallest absolute Gasteiger partial charge is 0.287 e. The maximum Gasteiger partial charge on any atom is 0.287 e. The van der Waals surface area contributed by atoms with Gasteiger partial charge in [0.1, 0.15) is 5.82 Å². The van der Waals surface area contributed by atoms with Crippen molar-refractivity contribution in [1.29, 1.82) is 0 Å². The third-order valence-corrected chi connectivity index (χ3v) is 3.88. The molecule has 0 aliphatic carbocycles. The Morgan fingerprint density at radius 3 is 2.80 bits per heavy atom. The monoisotopic (exact) mass is 340 g/mol. The molecule has 130 valence electrons. The minimum absolute atomic E-state index is 0.0768. The number of benzene rings is 1. The Morgan fingerprint density at radius 2 is 2.00 bits per heavy atom. The summed E-state index contributed by atoms with van der Waals surface area (Å²) in [7, 11) is 0. The third kappa shape index (κ3) is 4.06. The van der Waals surface area contributed by atoms with Gasteiger partial charge in [-0.3, -0.25) is 9.59 Å². The van der Waals surface area contributed by atoms with E-state index in [1.165, 1.54) is 6.26 Å². The molecule has 0 bridgehead atoms. The van der Waals surface area contributed by atoms with Crippen LogP contribution in [-0.2, 0) is 11.3 Å². The first-order valence-corrected chi connectivity index (χ1v) is 8.15. The molecular formula is C18H20N4O3. The van der Waals surface area contributed by atoms with Crippen molar-refractivity contribution in [3.63, 3.8) is 0 Å². The van der Waals surface area contributed by atoms with E-state index in [4.69, 9.17) is 4.42 Å². The second-order valence-corrected chi connectivity index (χ2v) is 5.66. The predicted molar refractivity (Wildman–Crippen MR) is 93.1 cm³/mol. The second kappa shape index (κ2) is 7.65. The van der Waals surface area contributed by atoms with Crippen LogP contribution in [0.2, 0.25) is 0 Å². The van der Waals surface area contributed by atoms with Crippen molar-refractivity contribution in [1.82, 2.24) is 20.2 Å².